The number of benzene rings is 2. The van der Waals surface area contributed by atoms with Crippen LogP contribution in [0.15, 0.2) is 54.6 Å². The third-order valence-electron chi connectivity index (χ3n) is 6.62. The van der Waals surface area contributed by atoms with Crippen LogP contribution in [0.2, 0.25) is 0 Å². The standard InChI is InChI=1S/C25H32N2O2/c1-29-23-9-7-20(8-10-23)17-21-11-15-27(16-12-21)18-24(28)26-19-25(13-14-25)22-5-3-2-4-6-22/h2-10,21H,11-19H2,1H3,(H,26,28). The average molecular weight is 393 g/mol. The first-order valence-corrected chi connectivity index (χ1v) is 10.8. The Kier molecular flexibility index (Phi) is 6.19. The van der Waals surface area contributed by atoms with Gasteiger partial charge in [-0.2, -0.15) is 0 Å². The molecule has 2 fully saturated rings. The van der Waals surface area contributed by atoms with Crippen molar-refractivity contribution >= 4 is 5.91 Å². The minimum absolute atomic E-state index is 0.167. The van der Waals surface area contributed by atoms with E-state index >= 15 is 0 Å². The zero-order valence-electron chi connectivity index (χ0n) is 17.4. The topological polar surface area (TPSA) is 41.6 Å². The van der Waals surface area contributed by atoms with Crippen molar-refractivity contribution in [2.24, 2.45) is 5.92 Å². The van der Waals surface area contributed by atoms with E-state index in [9.17, 15) is 4.79 Å². The fourth-order valence-electron chi connectivity index (χ4n) is 4.48. The van der Waals surface area contributed by atoms with E-state index in [0.717, 1.165) is 44.6 Å². The highest BCUT2D eigenvalue weighted by Gasteiger charge is 2.44. The van der Waals surface area contributed by atoms with Crippen LogP contribution in [-0.2, 0) is 16.6 Å². The fourth-order valence-corrected chi connectivity index (χ4v) is 4.48. The van der Waals surface area contributed by atoms with E-state index in [1.54, 1.807) is 7.11 Å². The largest absolute Gasteiger partial charge is 0.497 e. The summed E-state index contributed by atoms with van der Waals surface area (Å²) >= 11 is 0. The maximum absolute atomic E-state index is 12.5. The predicted molar refractivity (Wildman–Crippen MR) is 116 cm³/mol. The quantitative estimate of drug-likeness (QED) is 0.743. The van der Waals surface area contributed by atoms with Crippen molar-refractivity contribution in [3.63, 3.8) is 0 Å². The molecule has 2 aromatic carbocycles. The van der Waals surface area contributed by atoms with Gasteiger partial charge in [-0.15, -0.1) is 0 Å². The summed E-state index contributed by atoms with van der Waals surface area (Å²) in [5.74, 6) is 1.78. The Hall–Kier alpha value is -2.33. The Morgan fingerprint density at radius 1 is 1.07 bits per heavy atom. The van der Waals surface area contributed by atoms with Gasteiger partial charge in [-0.05, 0) is 74.4 Å². The molecule has 0 radical (unpaired) electrons. The second-order valence-corrected chi connectivity index (χ2v) is 8.69. The summed E-state index contributed by atoms with van der Waals surface area (Å²) < 4.78 is 5.24. The second-order valence-electron chi connectivity index (χ2n) is 8.69. The number of hydrogen-bond acceptors (Lipinski definition) is 3. The number of likely N-dealkylation sites (tertiary alicyclic amines) is 1. The molecule has 2 aromatic rings. The van der Waals surface area contributed by atoms with Crippen molar-refractivity contribution in [1.29, 1.82) is 0 Å². The van der Waals surface area contributed by atoms with Gasteiger partial charge in [0.05, 0.1) is 13.7 Å². The summed E-state index contributed by atoms with van der Waals surface area (Å²) in [4.78, 5) is 14.8. The molecule has 0 bridgehead atoms. The lowest BCUT2D eigenvalue weighted by Crippen LogP contribution is -2.43. The van der Waals surface area contributed by atoms with Crippen LogP contribution in [0, 0.1) is 5.92 Å². The lowest BCUT2D eigenvalue weighted by molar-refractivity contribution is -0.122. The molecule has 4 nitrogen and oxygen atoms in total. The van der Waals surface area contributed by atoms with Gasteiger partial charge in [-0.1, -0.05) is 42.5 Å². The van der Waals surface area contributed by atoms with Crippen LogP contribution in [0.1, 0.15) is 36.8 Å². The van der Waals surface area contributed by atoms with Gasteiger partial charge < -0.3 is 10.1 Å². The van der Waals surface area contributed by atoms with Crippen LogP contribution in [0.4, 0.5) is 0 Å². The summed E-state index contributed by atoms with van der Waals surface area (Å²) in [5.41, 5.74) is 2.92. The maximum Gasteiger partial charge on any atom is 0.234 e. The molecule has 1 heterocycles. The van der Waals surface area contributed by atoms with Crippen LogP contribution < -0.4 is 10.1 Å². The van der Waals surface area contributed by atoms with Crippen molar-refractivity contribution in [2.75, 3.05) is 33.3 Å². The first kappa shape index (κ1) is 20.0. The summed E-state index contributed by atoms with van der Waals surface area (Å²) in [6.45, 7) is 3.32. The number of ether oxygens (including phenoxy) is 1. The molecule has 1 saturated carbocycles. The maximum atomic E-state index is 12.5. The highest BCUT2D eigenvalue weighted by atomic mass is 16.5. The van der Waals surface area contributed by atoms with Crippen molar-refractivity contribution < 1.29 is 9.53 Å². The molecule has 154 valence electrons. The fraction of sp³-hybridized carbons (Fsp3) is 0.480. The molecule has 0 spiro atoms. The summed E-state index contributed by atoms with van der Waals surface area (Å²) in [5, 5.41) is 3.20. The molecular formula is C25H32N2O2. The molecule has 1 N–H and O–H groups in total. The lowest BCUT2D eigenvalue weighted by Gasteiger charge is -2.31. The second kappa shape index (κ2) is 9.00. The molecule has 4 rings (SSSR count). The molecule has 0 aromatic heterocycles. The molecule has 0 atom stereocenters. The van der Waals surface area contributed by atoms with E-state index in [1.165, 1.54) is 24.0 Å². The molecule has 4 heteroatoms. The van der Waals surface area contributed by atoms with Gasteiger partial charge >= 0.3 is 0 Å². The number of methoxy groups -OCH3 is 1. The van der Waals surface area contributed by atoms with Crippen LogP contribution in [0.5, 0.6) is 5.75 Å². The van der Waals surface area contributed by atoms with Gasteiger partial charge in [0.2, 0.25) is 5.91 Å². The molecule has 0 unspecified atom stereocenters. The Balaban J connectivity index is 1.18. The van der Waals surface area contributed by atoms with Crippen molar-refractivity contribution in [2.45, 2.75) is 37.5 Å². The SMILES string of the molecule is COc1ccc(CC2CCN(CC(=O)NCC3(c4ccccc4)CC3)CC2)cc1. The van der Waals surface area contributed by atoms with Gasteiger partial charge in [0.25, 0.3) is 0 Å². The molecular weight excluding hydrogens is 360 g/mol. The zero-order chi connectivity index (χ0) is 20.1. The Bertz CT molecular complexity index is 791. The van der Waals surface area contributed by atoms with E-state index in [0.29, 0.717) is 12.5 Å². The third-order valence-corrected chi connectivity index (χ3v) is 6.62. The molecule has 1 aliphatic heterocycles. The highest BCUT2D eigenvalue weighted by molar-refractivity contribution is 5.78. The van der Waals surface area contributed by atoms with Gasteiger partial charge in [0.1, 0.15) is 5.75 Å². The number of piperidine rings is 1. The molecule has 1 saturated heterocycles. The monoisotopic (exact) mass is 392 g/mol. The molecule has 1 aliphatic carbocycles. The number of carbonyl (C=O) groups is 1. The van der Waals surface area contributed by atoms with E-state index in [-0.39, 0.29) is 11.3 Å². The first-order chi connectivity index (χ1) is 14.2. The van der Waals surface area contributed by atoms with Gasteiger partial charge in [-0.25, -0.2) is 0 Å². The smallest absolute Gasteiger partial charge is 0.234 e. The molecule has 29 heavy (non-hydrogen) atoms. The summed E-state index contributed by atoms with van der Waals surface area (Å²) in [6.07, 6.45) is 5.78. The minimum Gasteiger partial charge on any atom is -0.497 e. The molecule has 2 aliphatic rings. The van der Waals surface area contributed by atoms with Crippen LogP contribution >= 0.6 is 0 Å². The van der Waals surface area contributed by atoms with Crippen LogP contribution in [-0.4, -0.2) is 44.1 Å². The number of nitrogens with one attached hydrogen (secondary N) is 1. The highest BCUT2D eigenvalue weighted by Crippen LogP contribution is 2.47. The zero-order valence-corrected chi connectivity index (χ0v) is 17.4. The Labute approximate surface area is 174 Å². The summed E-state index contributed by atoms with van der Waals surface area (Å²) in [6, 6.07) is 19.0. The van der Waals surface area contributed by atoms with Gasteiger partial charge in [-0.3, -0.25) is 9.69 Å². The van der Waals surface area contributed by atoms with Crippen molar-refractivity contribution in [1.82, 2.24) is 10.2 Å². The van der Waals surface area contributed by atoms with Crippen molar-refractivity contribution in [3.8, 4) is 5.75 Å². The van der Waals surface area contributed by atoms with E-state index in [2.05, 4.69) is 52.7 Å². The number of carbonyl (C=O) groups excluding carboxylic acids is 1. The first-order valence-electron chi connectivity index (χ1n) is 10.8. The van der Waals surface area contributed by atoms with Crippen molar-refractivity contribution in [3.05, 3.63) is 65.7 Å². The number of amides is 1. The Morgan fingerprint density at radius 2 is 1.76 bits per heavy atom. The van der Waals surface area contributed by atoms with Gasteiger partial charge in [0.15, 0.2) is 0 Å². The minimum atomic E-state index is 0.167. The third kappa shape index (κ3) is 5.18. The van der Waals surface area contributed by atoms with Crippen LogP contribution in [0.25, 0.3) is 0 Å². The average Bonchev–Trinajstić information content (AvgIpc) is 3.56. The van der Waals surface area contributed by atoms with E-state index in [4.69, 9.17) is 4.74 Å². The number of hydrogen-bond donors (Lipinski definition) is 1. The van der Waals surface area contributed by atoms with E-state index < -0.39 is 0 Å². The number of nitrogens with zero attached hydrogens (tertiary/aromatic N) is 1. The summed E-state index contributed by atoms with van der Waals surface area (Å²) in [7, 11) is 1.70. The van der Waals surface area contributed by atoms with Crippen LogP contribution in [0.3, 0.4) is 0 Å². The number of rotatable bonds is 8. The Morgan fingerprint density at radius 3 is 2.38 bits per heavy atom. The predicted octanol–water partition coefficient (Wildman–Crippen LogP) is 3.80. The lowest BCUT2D eigenvalue weighted by atomic mass is 9.90. The molecule has 1 amide bonds. The van der Waals surface area contributed by atoms with E-state index in [1.807, 2.05) is 12.1 Å². The van der Waals surface area contributed by atoms with Gasteiger partial charge in [0, 0.05) is 12.0 Å². The normalized spacial score (nSPS) is 18.9.